The van der Waals surface area contributed by atoms with E-state index in [-0.39, 0.29) is 12.1 Å². The van der Waals surface area contributed by atoms with Gasteiger partial charge in [0.1, 0.15) is 0 Å². The van der Waals surface area contributed by atoms with Crippen LogP contribution in [0, 0.1) is 0 Å². The SMILES string of the molecule is C=CCC(C)NC(=O)NC1CC1. The Labute approximate surface area is 73.2 Å². The third kappa shape index (κ3) is 3.42. The van der Waals surface area contributed by atoms with Gasteiger partial charge in [0.2, 0.25) is 0 Å². The van der Waals surface area contributed by atoms with Crippen LogP contribution in [0.15, 0.2) is 12.7 Å². The number of urea groups is 1. The fourth-order valence-corrected chi connectivity index (χ4v) is 0.987. The Morgan fingerprint density at radius 1 is 1.75 bits per heavy atom. The number of carbonyl (C=O) groups excluding carboxylic acids is 1. The Morgan fingerprint density at radius 3 is 2.92 bits per heavy atom. The van der Waals surface area contributed by atoms with Crippen LogP contribution < -0.4 is 10.6 Å². The van der Waals surface area contributed by atoms with Gasteiger partial charge in [-0.1, -0.05) is 6.08 Å². The molecule has 0 aromatic heterocycles. The van der Waals surface area contributed by atoms with E-state index in [4.69, 9.17) is 0 Å². The molecule has 1 fully saturated rings. The van der Waals surface area contributed by atoms with Crippen LogP contribution in [0.1, 0.15) is 26.2 Å². The first-order chi connectivity index (χ1) is 5.72. The molecule has 1 aliphatic rings. The number of carbonyl (C=O) groups is 1. The van der Waals surface area contributed by atoms with Gasteiger partial charge in [-0.15, -0.1) is 6.58 Å². The van der Waals surface area contributed by atoms with Crippen molar-refractivity contribution in [3.63, 3.8) is 0 Å². The molecule has 0 spiro atoms. The third-order valence-corrected chi connectivity index (χ3v) is 1.81. The van der Waals surface area contributed by atoms with Crippen molar-refractivity contribution in [3.05, 3.63) is 12.7 Å². The van der Waals surface area contributed by atoms with Crippen molar-refractivity contribution in [2.75, 3.05) is 0 Å². The van der Waals surface area contributed by atoms with Gasteiger partial charge >= 0.3 is 6.03 Å². The predicted octanol–water partition coefficient (Wildman–Crippen LogP) is 1.41. The minimum atomic E-state index is -0.0492. The van der Waals surface area contributed by atoms with Gasteiger partial charge in [-0.25, -0.2) is 4.79 Å². The summed E-state index contributed by atoms with van der Waals surface area (Å²) in [6, 6.07) is 0.564. The molecule has 0 aromatic rings. The van der Waals surface area contributed by atoms with Crippen LogP contribution in [0.25, 0.3) is 0 Å². The van der Waals surface area contributed by atoms with Gasteiger partial charge in [0.15, 0.2) is 0 Å². The predicted molar refractivity (Wildman–Crippen MR) is 49.0 cm³/mol. The van der Waals surface area contributed by atoms with Crippen molar-refractivity contribution in [3.8, 4) is 0 Å². The maximum absolute atomic E-state index is 11.1. The fourth-order valence-electron chi connectivity index (χ4n) is 0.987. The number of rotatable bonds is 4. The maximum atomic E-state index is 11.1. The van der Waals surface area contributed by atoms with E-state index < -0.39 is 0 Å². The van der Waals surface area contributed by atoms with Crippen LogP contribution in [-0.4, -0.2) is 18.1 Å². The molecular weight excluding hydrogens is 152 g/mol. The quantitative estimate of drug-likeness (QED) is 0.612. The molecule has 0 radical (unpaired) electrons. The van der Waals surface area contributed by atoms with E-state index in [1.54, 1.807) is 0 Å². The zero-order chi connectivity index (χ0) is 8.97. The van der Waals surface area contributed by atoms with E-state index in [0.29, 0.717) is 6.04 Å². The molecule has 68 valence electrons. The highest BCUT2D eigenvalue weighted by Gasteiger charge is 2.23. The molecule has 1 unspecified atom stereocenters. The molecule has 0 aromatic carbocycles. The Morgan fingerprint density at radius 2 is 2.42 bits per heavy atom. The van der Waals surface area contributed by atoms with Crippen LogP contribution in [0.5, 0.6) is 0 Å². The Balaban J connectivity index is 2.10. The van der Waals surface area contributed by atoms with Crippen molar-refractivity contribution in [2.45, 2.75) is 38.3 Å². The molecule has 2 N–H and O–H groups in total. The molecule has 1 rings (SSSR count). The number of amides is 2. The second-order valence-corrected chi connectivity index (χ2v) is 3.32. The van der Waals surface area contributed by atoms with Gasteiger partial charge in [0.05, 0.1) is 0 Å². The summed E-state index contributed by atoms with van der Waals surface area (Å²) in [6.07, 6.45) is 4.88. The monoisotopic (exact) mass is 168 g/mol. The minimum absolute atomic E-state index is 0.0492. The van der Waals surface area contributed by atoms with Gasteiger partial charge in [-0.05, 0) is 26.2 Å². The first kappa shape index (κ1) is 9.10. The van der Waals surface area contributed by atoms with Crippen LogP contribution in [0.3, 0.4) is 0 Å². The number of hydrogen-bond donors (Lipinski definition) is 2. The lowest BCUT2D eigenvalue weighted by Crippen LogP contribution is -2.41. The summed E-state index contributed by atoms with van der Waals surface area (Å²) in [4.78, 5) is 11.1. The smallest absolute Gasteiger partial charge is 0.315 e. The summed E-state index contributed by atoms with van der Waals surface area (Å²) in [6.45, 7) is 5.58. The number of hydrogen-bond acceptors (Lipinski definition) is 1. The van der Waals surface area contributed by atoms with E-state index in [0.717, 1.165) is 19.3 Å². The van der Waals surface area contributed by atoms with Crippen molar-refractivity contribution in [1.29, 1.82) is 0 Å². The van der Waals surface area contributed by atoms with E-state index >= 15 is 0 Å². The van der Waals surface area contributed by atoms with Gasteiger partial charge in [0.25, 0.3) is 0 Å². The molecule has 0 aliphatic heterocycles. The summed E-state index contributed by atoms with van der Waals surface area (Å²) in [7, 11) is 0. The molecule has 12 heavy (non-hydrogen) atoms. The Hall–Kier alpha value is -0.990. The molecule has 1 aliphatic carbocycles. The van der Waals surface area contributed by atoms with Crippen molar-refractivity contribution in [2.24, 2.45) is 0 Å². The second kappa shape index (κ2) is 4.14. The second-order valence-electron chi connectivity index (χ2n) is 3.32. The fraction of sp³-hybridized carbons (Fsp3) is 0.667. The first-order valence-corrected chi connectivity index (χ1v) is 4.40. The van der Waals surface area contributed by atoms with Crippen molar-refractivity contribution >= 4 is 6.03 Å². The molecule has 3 heteroatoms. The van der Waals surface area contributed by atoms with E-state index in [9.17, 15) is 4.79 Å². The minimum Gasteiger partial charge on any atom is -0.335 e. The number of nitrogens with one attached hydrogen (secondary N) is 2. The third-order valence-electron chi connectivity index (χ3n) is 1.81. The topological polar surface area (TPSA) is 41.1 Å². The molecule has 0 saturated heterocycles. The molecule has 1 saturated carbocycles. The Kier molecular flexibility index (Phi) is 3.14. The Bertz CT molecular complexity index is 175. The van der Waals surface area contributed by atoms with Gasteiger partial charge < -0.3 is 10.6 Å². The largest absolute Gasteiger partial charge is 0.335 e. The highest BCUT2D eigenvalue weighted by atomic mass is 16.2. The zero-order valence-corrected chi connectivity index (χ0v) is 7.47. The lowest BCUT2D eigenvalue weighted by molar-refractivity contribution is 0.237. The van der Waals surface area contributed by atoms with Gasteiger partial charge in [-0.3, -0.25) is 0 Å². The van der Waals surface area contributed by atoms with E-state index in [1.807, 2.05) is 13.0 Å². The molecule has 1 atom stereocenters. The average molecular weight is 168 g/mol. The van der Waals surface area contributed by atoms with Gasteiger partial charge in [0, 0.05) is 12.1 Å². The van der Waals surface area contributed by atoms with Crippen molar-refractivity contribution in [1.82, 2.24) is 10.6 Å². The van der Waals surface area contributed by atoms with Crippen molar-refractivity contribution < 1.29 is 4.79 Å². The van der Waals surface area contributed by atoms with Crippen LogP contribution in [0.4, 0.5) is 4.79 Å². The average Bonchev–Trinajstić information content (AvgIpc) is 2.71. The molecular formula is C9H16N2O. The molecule has 3 nitrogen and oxygen atoms in total. The maximum Gasteiger partial charge on any atom is 0.315 e. The zero-order valence-electron chi connectivity index (χ0n) is 7.47. The van der Waals surface area contributed by atoms with Gasteiger partial charge in [-0.2, -0.15) is 0 Å². The lowest BCUT2D eigenvalue weighted by Gasteiger charge is -2.11. The summed E-state index contributed by atoms with van der Waals surface area (Å²) in [5.41, 5.74) is 0. The molecule has 2 amide bonds. The first-order valence-electron chi connectivity index (χ1n) is 4.40. The summed E-state index contributed by atoms with van der Waals surface area (Å²) < 4.78 is 0. The molecule has 0 heterocycles. The lowest BCUT2D eigenvalue weighted by atomic mass is 10.2. The van der Waals surface area contributed by atoms with E-state index in [2.05, 4.69) is 17.2 Å². The standard InChI is InChI=1S/C9H16N2O/c1-3-4-7(2)10-9(12)11-8-5-6-8/h3,7-8H,1,4-6H2,2H3,(H2,10,11,12). The summed E-state index contributed by atoms with van der Waals surface area (Å²) >= 11 is 0. The highest BCUT2D eigenvalue weighted by Crippen LogP contribution is 2.18. The highest BCUT2D eigenvalue weighted by molar-refractivity contribution is 5.74. The van der Waals surface area contributed by atoms with E-state index in [1.165, 1.54) is 0 Å². The van der Waals surface area contributed by atoms with Crippen LogP contribution in [-0.2, 0) is 0 Å². The van der Waals surface area contributed by atoms with Crippen LogP contribution >= 0.6 is 0 Å². The summed E-state index contributed by atoms with van der Waals surface area (Å²) in [5, 5.41) is 5.69. The van der Waals surface area contributed by atoms with Crippen LogP contribution in [0.2, 0.25) is 0 Å². The normalized spacial score (nSPS) is 18.1. The summed E-state index contributed by atoms with van der Waals surface area (Å²) in [5.74, 6) is 0. The molecule has 0 bridgehead atoms.